The molecule has 0 aromatic rings. The largest absolute Gasteiger partial charge is 0.376 e. The second-order valence-electron chi connectivity index (χ2n) is 2.42. The van der Waals surface area contributed by atoms with Crippen LogP contribution in [0.4, 0.5) is 0 Å². The van der Waals surface area contributed by atoms with Crippen LogP contribution in [0.1, 0.15) is 27.2 Å². The second-order valence-corrected chi connectivity index (χ2v) is 2.42. The Morgan fingerprint density at radius 1 is 1.00 bits per heavy atom. The maximum atomic E-state index is 5.30. The summed E-state index contributed by atoms with van der Waals surface area (Å²) in [6.45, 7) is 8.63. The van der Waals surface area contributed by atoms with Crippen molar-refractivity contribution in [2.24, 2.45) is 0 Å². The summed E-state index contributed by atoms with van der Waals surface area (Å²) < 4.78 is 15.9. The van der Waals surface area contributed by atoms with Crippen LogP contribution in [0.2, 0.25) is 0 Å². The lowest BCUT2D eigenvalue weighted by Crippen LogP contribution is -2.23. The highest BCUT2D eigenvalue weighted by Gasteiger charge is 2.06. The highest BCUT2D eigenvalue weighted by molar-refractivity contribution is 4.40. The molecule has 74 valence electrons. The topological polar surface area (TPSA) is 27.7 Å². The molecular weight excluding hydrogens is 156 g/mol. The highest BCUT2D eigenvalue weighted by atomic mass is 16.7. The van der Waals surface area contributed by atoms with Crippen molar-refractivity contribution in [2.75, 3.05) is 26.4 Å². The van der Waals surface area contributed by atoms with Gasteiger partial charge in [-0.3, -0.25) is 0 Å². The Morgan fingerprint density at radius 2 is 1.58 bits per heavy atom. The fourth-order valence-corrected chi connectivity index (χ4v) is 0.840. The van der Waals surface area contributed by atoms with Crippen LogP contribution in [-0.2, 0) is 14.2 Å². The molecule has 3 heteroatoms. The molecule has 0 N–H and O–H groups in total. The van der Waals surface area contributed by atoms with Gasteiger partial charge in [-0.05, 0) is 20.3 Å². The molecule has 0 aliphatic heterocycles. The fraction of sp³-hybridized carbons (Fsp3) is 1.00. The van der Waals surface area contributed by atoms with E-state index in [0.717, 1.165) is 13.0 Å². The van der Waals surface area contributed by atoms with Gasteiger partial charge in [0.1, 0.15) is 0 Å². The predicted molar refractivity (Wildman–Crippen MR) is 48.2 cm³/mol. The average molecular weight is 176 g/mol. The van der Waals surface area contributed by atoms with Gasteiger partial charge in [0.25, 0.3) is 0 Å². The summed E-state index contributed by atoms with van der Waals surface area (Å²) in [5.41, 5.74) is 0. The number of rotatable bonds is 8. The molecule has 0 heterocycles. The third kappa shape index (κ3) is 6.58. The first kappa shape index (κ1) is 11.9. The first-order valence-electron chi connectivity index (χ1n) is 4.66. The van der Waals surface area contributed by atoms with Gasteiger partial charge in [-0.2, -0.15) is 0 Å². The molecule has 0 aliphatic carbocycles. The van der Waals surface area contributed by atoms with E-state index in [1.54, 1.807) is 0 Å². The van der Waals surface area contributed by atoms with Crippen LogP contribution in [0.5, 0.6) is 0 Å². The predicted octanol–water partition coefficient (Wildman–Crippen LogP) is 1.81. The summed E-state index contributed by atoms with van der Waals surface area (Å²) in [6.07, 6.45) is 0.844. The lowest BCUT2D eigenvalue weighted by molar-refractivity contribution is -0.167. The lowest BCUT2D eigenvalue weighted by atomic mass is 10.5. The van der Waals surface area contributed by atoms with Gasteiger partial charge in [0.05, 0.1) is 6.61 Å². The molecule has 0 aromatic heterocycles. The van der Waals surface area contributed by atoms with Crippen LogP contribution in [0.3, 0.4) is 0 Å². The maximum Gasteiger partial charge on any atom is 0.180 e. The molecule has 12 heavy (non-hydrogen) atoms. The van der Waals surface area contributed by atoms with E-state index in [1.165, 1.54) is 0 Å². The van der Waals surface area contributed by atoms with Gasteiger partial charge < -0.3 is 14.2 Å². The van der Waals surface area contributed by atoms with Crippen LogP contribution in [0.25, 0.3) is 0 Å². The van der Waals surface area contributed by atoms with Gasteiger partial charge in [0.2, 0.25) is 0 Å². The van der Waals surface area contributed by atoms with E-state index in [4.69, 9.17) is 14.2 Å². The van der Waals surface area contributed by atoms with Crippen LogP contribution in [-0.4, -0.2) is 32.7 Å². The van der Waals surface area contributed by atoms with Crippen molar-refractivity contribution in [3.63, 3.8) is 0 Å². The Bertz CT molecular complexity index is 79.8. The molecule has 0 unspecified atom stereocenters. The lowest BCUT2D eigenvalue weighted by Gasteiger charge is -2.16. The second kappa shape index (κ2) is 8.97. The molecule has 3 nitrogen and oxygen atoms in total. The number of hydrogen-bond acceptors (Lipinski definition) is 3. The van der Waals surface area contributed by atoms with Crippen molar-refractivity contribution < 1.29 is 14.2 Å². The standard InChI is InChI=1S/C9H20O3/c1-4-7-10-8-9(11-5-2)12-6-3/h9H,4-8H2,1-3H3. The molecule has 0 saturated heterocycles. The first-order valence-corrected chi connectivity index (χ1v) is 4.66. The Hall–Kier alpha value is -0.120. The normalized spacial score (nSPS) is 11.0. The Labute approximate surface area is 75.0 Å². The molecule has 0 atom stereocenters. The zero-order valence-corrected chi connectivity index (χ0v) is 8.34. The van der Waals surface area contributed by atoms with Gasteiger partial charge in [-0.1, -0.05) is 6.92 Å². The zero-order chi connectivity index (χ0) is 9.23. The zero-order valence-electron chi connectivity index (χ0n) is 8.34. The van der Waals surface area contributed by atoms with E-state index in [2.05, 4.69) is 6.92 Å². The van der Waals surface area contributed by atoms with Crippen LogP contribution < -0.4 is 0 Å². The quantitative estimate of drug-likeness (QED) is 0.417. The van der Waals surface area contributed by atoms with Crippen LogP contribution in [0, 0.1) is 0 Å². The summed E-state index contributed by atoms with van der Waals surface area (Å²) in [5.74, 6) is 0. The van der Waals surface area contributed by atoms with E-state index in [9.17, 15) is 0 Å². The molecular formula is C9H20O3. The van der Waals surface area contributed by atoms with Crippen LogP contribution >= 0.6 is 0 Å². The van der Waals surface area contributed by atoms with Crippen molar-refractivity contribution in [1.82, 2.24) is 0 Å². The summed E-state index contributed by atoms with van der Waals surface area (Å²) >= 11 is 0. The molecule has 0 fully saturated rings. The van der Waals surface area contributed by atoms with E-state index in [-0.39, 0.29) is 6.29 Å². The van der Waals surface area contributed by atoms with Gasteiger partial charge in [0, 0.05) is 19.8 Å². The van der Waals surface area contributed by atoms with Gasteiger partial charge in [-0.15, -0.1) is 0 Å². The monoisotopic (exact) mass is 176 g/mol. The molecule has 0 rings (SSSR count). The average Bonchev–Trinajstić information content (AvgIpc) is 2.06. The fourth-order valence-electron chi connectivity index (χ4n) is 0.840. The summed E-state index contributed by atoms with van der Waals surface area (Å²) in [6, 6.07) is 0. The minimum Gasteiger partial charge on any atom is -0.376 e. The van der Waals surface area contributed by atoms with E-state index >= 15 is 0 Å². The molecule has 0 saturated carbocycles. The van der Waals surface area contributed by atoms with Crippen LogP contribution in [0.15, 0.2) is 0 Å². The number of hydrogen-bond donors (Lipinski definition) is 0. The molecule has 0 amide bonds. The van der Waals surface area contributed by atoms with Crippen molar-refractivity contribution in [3.8, 4) is 0 Å². The third-order valence-corrected chi connectivity index (χ3v) is 1.31. The third-order valence-electron chi connectivity index (χ3n) is 1.31. The van der Waals surface area contributed by atoms with Crippen molar-refractivity contribution in [3.05, 3.63) is 0 Å². The molecule has 0 spiro atoms. The highest BCUT2D eigenvalue weighted by Crippen LogP contribution is 1.96. The van der Waals surface area contributed by atoms with Gasteiger partial charge in [0.15, 0.2) is 6.29 Å². The Balaban J connectivity index is 3.34. The van der Waals surface area contributed by atoms with Gasteiger partial charge in [-0.25, -0.2) is 0 Å². The maximum absolute atomic E-state index is 5.30. The van der Waals surface area contributed by atoms with E-state index in [0.29, 0.717) is 19.8 Å². The van der Waals surface area contributed by atoms with Crippen molar-refractivity contribution >= 4 is 0 Å². The summed E-state index contributed by atoms with van der Waals surface area (Å²) in [5, 5.41) is 0. The number of ether oxygens (including phenoxy) is 3. The summed E-state index contributed by atoms with van der Waals surface area (Å²) in [7, 11) is 0. The van der Waals surface area contributed by atoms with E-state index in [1.807, 2.05) is 13.8 Å². The summed E-state index contributed by atoms with van der Waals surface area (Å²) in [4.78, 5) is 0. The molecule has 0 aliphatic rings. The smallest absolute Gasteiger partial charge is 0.180 e. The molecule has 0 radical (unpaired) electrons. The first-order chi connectivity index (χ1) is 5.85. The SMILES string of the molecule is CCCOCC(OCC)OCC. The molecule has 0 aromatic carbocycles. The Morgan fingerprint density at radius 3 is 2.00 bits per heavy atom. The minimum absolute atomic E-state index is 0.188. The Kier molecular flexibility index (Phi) is 8.88. The molecule has 0 bridgehead atoms. The van der Waals surface area contributed by atoms with E-state index < -0.39 is 0 Å². The van der Waals surface area contributed by atoms with Crippen molar-refractivity contribution in [2.45, 2.75) is 33.5 Å². The van der Waals surface area contributed by atoms with Gasteiger partial charge >= 0.3 is 0 Å². The minimum atomic E-state index is -0.188. The van der Waals surface area contributed by atoms with Crippen molar-refractivity contribution in [1.29, 1.82) is 0 Å².